The summed E-state index contributed by atoms with van der Waals surface area (Å²) in [6.07, 6.45) is 3.47. The van der Waals surface area contributed by atoms with Crippen molar-refractivity contribution in [2.75, 3.05) is 26.2 Å². The summed E-state index contributed by atoms with van der Waals surface area (Å²) in [5, 5.41) is 3.27. The van der Waals surface area contributed by atoms with E-state index in [1.165, 1.54) is 12.8 Å². The van der Waals surface area contributed by atoms with Crippen molar-refractivity contribution < 1.29 is 18.1 Å². The van der Waals surface area contributed by atoms with Gasteiger partial charge in [0.25, 0.3) is 5.91 Å². The van der Waals surface area contributed by atoms with Crippen molar-refractivity contribution in [3.63, 3.8) is 0 Å². The van der Waals surface area contributed by atoms with Gasteiger partial charge >= 0.3 is 0 Å². The van der Waals surface area contributed by atoms with E-state index in [0.717, 1.165) is 11.3 Å². The van der Waals surface area contributed by atoms with E-state index in [-0.39, 0.29) is 18.0 Å². The Morgan fingerprint density at radius 1 is 1.14 bits per heavy atom. The summed E-state index contributed by atoms with van der Waals surface area (Å²) in [6.45, 7) is 8.66. The molecule has 0 unspecified atom stereocenters. The van der Waals surface area contributed by atoms with E-state index in [2.05, 4.69) is 19.2 Å². The predicted octanol–water partition coefficient (Wildman–Crippen LogP) is 0.905. The third-order valence-corrected chi connectivity index (χ3v) is 8.70. The molecule has 3 rings (SSSR count). The van der Waals surface area contributed by atoms with Crippen molar-refractivity contribution >= 4 is 15.9 Å². The van der Waals surface area contributed by atoms with E-state index >= 15 is 0 Å². The molecule has 1 aromatic carbocycles. The van der Waals surface area contributed by atoms with Crippen molar-refractivity contribution in [2.45, 2.75) is 57.0 Å². The molecular weight excluding hydrogens is 374 g/mol. The second-order valence-electron chi connectivity index (χ2n) is 8.48. The van der Waals surface area contributed by atoms with Crippen LogP contribution in [-0.4, -0.2) is 56.9 Å². The van der Waals surface area contributed by atoms with Crippen molar-refractivity contribution in [3.8, 4) is 0 Å². The number of sulfonamides is 1. The van der Waals surface area contributed by atoms with Crippen LogP contribution in [0.4, 0.5) is 0 Å². The molecule has 1 heterocycles. The number of benzene rings is 1. The normalized spacial score (nSPS) is 28.6. The molecule has 6 nitrogen and oxygen atoms in total. The lowest BCUT2D eigenvalue weighted by molar-refractivity contribution is -0.917. The number of nitrogens with zero attached hydrogens (tertiary/aromatic N) is 1. The zero-order valence-corrected chi connectivity index (χ0v) is 18.0. The molecule has 2 aliphatic rings. The van der Waals surface area contributed by atoms with Crippen molar-refractivity contribution in [2.24, 2.45) is 11.8 Å². The summed E-state index contributed by atoms with van der Waals surface area (Å²) < 4.78 is 27.1. The van der Waals surface area contributed by atoms with Crippen molar-refractivity contribution in [3.05, 3.63) is 30.3 Å². The van der Waals surface area contributed by atoms with Crippen LogP contribution < -0.4 is 10.2 Å². The topological polar surface area (TPSA) is 70.9 Å². The Kier molecular flexibility index (Phi) is 6.78. The van der Waals surface area contributed by atoms with Gasteiger partial charge in [-0.3, -0.25) is 4.79 Å². The molecule has 0 radical (unpaired) electrons. The fraction of sp³-hybridized carbons (Fsp3) is 0.667. The lowest BCUT2D eigenvalue weighted by atomic mass is 9.78. The Labute approximate surface area is 169 Å². The van der Waals surface area contributed by atoms with Crippen LogP contribution in [0.2, 0.25) is 0 Å². The van der Waals surface area contributed by atoms with Gasteiger partial charge in [-0.15, -0.1) is 0 Å². The number of carbonyl (C=O) groups excluding carboxylic acids is 1. The molecule has 1 saturated carbocycles. The second-order valence-corrected chi connectivity index (χ2v) is 10.4. The Morgan fingerprint density at radius 3 is 2.43 bits per heavy atom. The summed E-state index contributed by atoms with van der Waals surface area (Å²) in [6, 6.07) is 8.68. The van der Waals surface area contributed by atoms with E-state index in [4.69, 9.17) is 0 Å². The number of piperazine rings is 1. The number of hydrogen-bond acceptors (Lipinski definition) is 3. The minimum Gasteiger partial charge on any atom is -0.348 e. The standard InChI is InChI=1S/C21H33N3O3S/c1-16-8-7-11-20(17(16)2)22-21(25)18(3)23-12-14-24(15-13-23)28(26,27)19-9-5-4-6-10-19/h4-6,9-10,16-18,20H,7-8,11-15H2,1-3H3,(H,22,25)/p+1/t16-,17+,18+,20+/m0/s1. The number of carbonyl (C=O) groups is 1. The van der Waals surface area contributed by atoms with Gasteiger partial charge in [0.2, 0.25) is 10.0 Å². The third-order valence-electron chi connectivity index (χ3n) is 6.79. The quantitative estimate of drug-likeness (QED) is 0.761. The Morgan fingerprint density at radius 2 is 1.79 bits per heavy atom. The molecule has 156 valence electrons. The van der Waals surface area contributed by atoms with Gasteiger partial charge in [0.05, 0.1) is 31.1 Å². The van der Waals surface area contributed by atoms with E-state index < -0.39 is 10.0 Å². The minimum atomic E-state index is -3.45. The lowest BCUT2D eigenvalue weighted by Gasteiger charge is -2.37. The van der Waals surface area contributed by atoms with E-state index in [9.17, 15) is 13.2 Å². The van der Waals surface area contributed by atoms with Gasteiger partial charge in [0.15, 0.2) is 6.04 Å². The molecule has 1 saturated heterocycles. The summed E-state index contributed by atoms with van der Waals surface area (Å²) >= 11 is 0. The predicted molar refractivity (Wildman–Crippen MR) is 109 cm³/mol. The molecule has 2 fully saturated rings. The summed E-state index contributed by atoms with van der Waals surface area (Å²) in [4.78, 5) is 14.3. The molecule has 0 spiro atoms. The highest BCUT2D eigenvalue weighted by molar-refractivity contribution is 7.89. The number of amides is 1. The molecule has 2 N–H and O–H groups in total. The van der Waals surface area contributed by atoms with Crippen LogP contribution in [0.15, 0.2) is 35.2 Å². The van der Waals surface area contributed by atoms with Crippen LogP contribution in [0.1, 0.15) is 40.0 Å². The van der Waals surface area contributed by atoms with Crippen LogP contribution in [0.25, 0.3) is 0 Å². The third kappa shape index (κ3) is 4.58. The fourth-order valence-corrected chi connectivity index (χ4v) is 5.93. The number of hydrogen-bond donors (Lipinski definition) is 2. The van der Waals surface area contributed by atoms with Crippen molar-refractivity contribution in [1.82, 2.24) is 9.62 Å². The van der Waals surface area contributed by atoms with Gasteiger partial charge in [-0.1, -0.05) is 44.9 Å². The van der Waals surface area contributed by atoms with Gasteiger partial charge in [-0.05, 0) is 37.3 Å². The maximum Gasteiger partial charge on any atom is 0.278 e. The monoisotopic (exact) mass is 408 g/mol. The van der Waals surface area contributed by atoms with Gasteiger partial charge in [-0.2, -0.15) is 4.31 Å². The molecule has 1 aliphatic heterocycles. The molecule has 0 bridgehead atoms. The molecule has 1 aliphatic carbocycles. The summed E-state index contributed by atoms with van der Waals surface area (Å²) in [7, 11) is -3.45. The molecule has 1 amide bonds. The maximum absolute atomic E-state index is 12.8. The first-order chi connectivity index (χ1) is 13.3. The van der Waals surface area contributed by atoms with Crippen molar-refractivity contribution in [1.29, 1.82) is 0 Å². The highest BCUT2D eigenvalue weighted by Gasteiger charge is 2.36. The van der Waals surface area contributed by atoms with Gasteiger partial charge < -0.3 is 10.2 Å². The Balaban J connectivity index is 1.55. The number of nitrogens with one attached hydrogen (secondary N) is 2. The fourth-order valence-electron chi connectivity index (χ4n) is 4.47. The van der Waals surface area contributed by atoms with Crippen LogP contribution in [-0.2, 0) is 14.8 Å². The van der Waals surface area contributed by atoms with Gasteiger partial charge in [0, 0.05) is 6.04 Å². The van der Waals surface area contributed by atoms with Crippen LogP contribution in [0, 0.1) is 11.8 Å². The zero-order chi connectivity index (χ0) is 20.3. The average Bonchev–Trinajstić information content (AvgIpc) is 2.71. The molecule has 0 aromatic heterocycles. The SMILES string of the molecule is C[C@@H]1[C@@H](C)CCC[C@H]1NC(=O)[C@@H](C)[NH+]1CCN(S(=O)(=O)c2ccccc2)CC1. The minimum absolute atomic E-state index is 0.0975. The zero-order valence-electron chi connectivity index (χ0n) is 17.2. The summed E-state index contributed by atoms with van der Waals surface area (Å²) in [5.41, 5.74) is 0. The van der Waals surface area contributed by atoms with E-state index in [1.54, 1.807) is 28.6 Å². The molecule has 1 aromatic rings. The van der Waals surface area contributed by atoms with Gasteiger partial charge in [0.1, 0.15) is 0 Å². The second kappa shape index (κ2) is 8.93. The average molecular weight is 409 g/mol. The van der Waals surface area contributed by atoms with Crippen LogP contribution >= 0.6 is 0 Å². The van der Waals surface area contributed by atoms with E-state index in [0.29, 0.717) is 42.9 Å². The highest BCUT2D eigenvalue weighted by atomic mass is 32.2. The van der Waals surface area contributed by atoms with Crippen LogP contribution in [0.3, 0.4) is 0 Å². The van der Waals surface area contributed by atoms with Gasteiger partial charge in [-0.25, -0.2) is 8.42 Å². The Hall–Kier alpha value is -1.44. The molecular formula is C21H34N3O3S+. The van der Waals surface area contributed by atoms with E-state index in [1.807, 2.05) is 13.0 Å². The Bertz CT molecular complexity index is 760. The van der Waals surface area contributed by atoms with Crippen LogP contribution in [0.5, 0.6) is 0 Å². The molecule has 7 heteroatoms. The summed E-state index contributed by atoms with van der Waals surface area (Å²) in [5.74, 6) is 1.25. The maximum atomic E-state index is 12.8. The molecule has 28 heavy (non-hydrogen) atoms. The number of rotatable bonds is 5. The highest BCUT2D eigenvalue weighted by Crippen LogP contribution is 2.29. The smallest absolute Gasteiger partial charge is 0.278 e. The number of quaternary nitrogens is 1. The largest absolute Gasteiger partial charge is 0.348 e. The lowest BCUT2D eigenvalue weighted by Crippen LogP contribution is -3.19. The first-order valence-corrected chi connectivity index (χ1v) is 11.9. The molecule has 4 atom stereocenters. The first-order valence-electron chi connectivity index (χ1n) is 10.5. The first kappa shape index (κ1) is 21.3.